The normalized spacial score (nSPS) is 10.9. The molecule has 1 N–H and O–H groups in total. The van der Waals surface area contributed by atoms with Crippen LogP contribution in [-0.2, 0) is 4.79 Å². The molecule has 0 aliphatic heterocycles. The molecule has 0 bridgehead atoms. The third-order valence-corrected chi connectivity index (χ3v) is 2.98. The van der Waals surface area contributed by atoms with Crippen LogP contribution in [0.2, 0.25) is 5.02 Å². The molecule has 2 rings (SSSR count). The number of nitrogens with zero attached hydrogens (tertiary/aromatic N) is 2. The van der Waals surface area contributed by atoms with Crippen molar-refractivity contribution in [3.8, 4) is 0 Å². The lowest BCUT2D eigenvalue weighted by molar-refractivity contribution is -0.130. The van der Waals surface area contributed by atoms with E-state index >= 15 is 0 Å². The maximum Gasteiger partial charge on any atom is 0.392 e. The number of carboxylic acids is 1. The first-order chi connectivity index (χ1) is 9.61. The van der Waals surface area contributed by atoms with Crippen LogP contribution in [0.25, 0.3) is 16.6 Å². The molecule has 2 aromatic carbocycles. The first-order valence-electron chi connectivity index (χ1n) is 5.77. The molecule has 0 heterocycles. The van der Waals surface area contributed by atoms with Crippen LogP contribution in [0, 0.1) is 5.39 Å². The number of halogens is 1. The van der Waals surface area contributed by atoms with Crippen LogP contribution in [0.5, 0.6) is 0 Å². The first kappa shape index (κ1) is 13.8. The number of hydrogen-bond donors (Lipinski definition) is 1. The highest BCUT2D eigenvalue weighted by Gasteiger charge is 2.15. The van der Waals surface area contributed by atoms with Gasteiger partial charge in [0, 0.05) is 11.1 Å². The predicted molar refractivity (Wildman–Crippen MR) is 78.1 cm³/mol. The largest absolute Gasteiger partial charge is 0.478 e. The minimum atomic E-state index is -1.07. The molecule has 0 amide bonds. The van der Waals surface area contributed by atoms with Gasteiger partial charge in [0.25, 0.3) is 0 Å². The standard InChI is InChI=1S/C15H9ClN2O2/c16-12-7-5-10(6-8-12)13(15(19)20)9-11-3-1-2-4-14(11)18-17/h1-9H/p+1/b13-9+. The lowest BCUT2D eigenvalue weighted by Crippen LogP contribution is -1.99. The van der Waals surface area contributed by atoms with Gasteiger partial charge in [-0.2, -0.15) is 0 Å². The second-order valence-electron chi connectivity index (χ2n) is 4.03. The van der Waals surface area contributed by atoms with Gasteiger partial charge in [-0.3, -0.25) is 0 Å². The van der Waals surface area contributed by atoms with Crippen molar-refractivity contribution in [2.75, 3.05) is 0 Å². The number of diazo groups is 1. The minimum Gasteiger partial charge on any atom is -0.478 e. The second-order valence-corrected chi connectivity index (χ2v) is 4.47. The summed E-state index contributed by atoms with van der Waals surface area (Å²) in [7, 11) is 0. The quantitative estimate of drug-likeness (QED) is 0.515. The van der Waals surface area contributed by atoms with Crippen LogP contribution in [0.1, 0.15) is 11.1 Å². The Bertz CT molecular complexity index is 715. The highest BCUT2D eigenvalue weighted by molar-refractivity contribution is 6.30. The molecular formula is C15H10ClN2O2+. The maximum atomic E-state index is 11.4. The van der Waals surface area contributed by atoms with Gasteiger partial charge in [-0.15, -0.1) is 0 Å². The lowest BCUT2D eigenvalue weighted by atomic mass is 10.0. The van der Waals surface area contributed by atoms with Crippen LogP contribution >= 0.6 is 11.6 Å². The summed E-state index contributed by atoms with van der Waals surface area (Å²) in [5.41, 5.74) is 1.44. The topological polar surface area (TPSA) is 65.5 Å². The first-order valence-corrected chi connectivity index (χ1v) is 6.14. The van der Waals surface area contributed by atoms with Gasteiger partial charge in [-0.25, -0.2) is 4.79 Å². The molecule has 0 unspecified atom stereocenters. The van der Waals surface area contributed by atoms with E-state index in [-0.39, 0.29) is 5.57 Å². The molecular weight excluding hydrogens is 276 g/mol. The summed E-state index contributed by atoms with van der Waals surface area (Å²) in [5.74, 6) is -1.07. The molecule has 0 aromatic heterocycles. The lowest BCUT2D eigenvalue weighted by Gasteiger charge is -2.02. The van der Waals surface area contributed by atoms with Crippen molar-refractivity contribution in [2.24, 2.45) is 0 Å². The highest BCUT2D eigenvalue weighted by atomic mass is 35.5. The number of carbonyl (C=O) groups is 1. The van der Waals surface area contributed by atoms with Crippen LogP contribution < -0.4 is 0 Å². The molecule has 0 saturated heterocycles. The van der Waals surface area contributed by atoms with Crippen LogP contribution in [0.4, 0.5) is 5.69 Å². The fourth-order valence-corrected chi connectivity index (χ4v) is 1.88. The minimum absolute atomic E-state index is 0.0952. The van der Waals surface area contributed by atoms with Crippen LogP contribution in [0.15, 0.2) is 48.5 Å². The summed E-state index contributed by atoms with van der Waals surface area (Å²) in [6.07, 6.45) is 1.46. The van der Waals surface area contributed by atoms with Crippen molar-refractivity contribution < 1.29 is 9.90 Å². The molecule has 0 aliphatic carbocycles. The Kier molecular flexibility index (Phi) is 4.14. The Morgan fingerprint density at radius 2 is 1.80 bits per heavy atom. The number of rotatable bonds is 3. The smallest absolute Gasteiger partial charge is 0.392 e. The van der Waals surface area contributed by atoms with E-state index in [1.807, 2.05) is 0 Å². The zero-order chi connectivity index (χ0) is 14.5. The highest BCUT2D eigenvalue weighted by Crippen LogP contribution is 2.26. The zero-order valence-corrected chi connectivity index (χ0v) is 11.1. The van der Waals surface area contributed by atoms with E-state index < -0.39 is 5.97 Å². The summed E-state index contributed by atoms with van der Waals surface area (Å²) in [5, 5.41) is 18.8. The Labute approximate surface area is 120 Å². The van der Waals surface area contributed by atoms with Gasteiger partial charge in [0.2, 0.25) is 5.39 Å². The van der Waals surface area contributed by atoms with E-state index in [9.17, 15) is 9.90 Å². The molecule has 4 nitrogen and oxygen atoms in total. The van der Waals surface area contributed by atoms with E-state index in [0.29, 0.717) is 21.8 Å². The van der Waals surface area contributed by atoms with Crippen molar-refractivity contribution in [1.82, 2.24) is 0 Å². The van der Waals surface area contributed by atoms with Crippen LogP contribution in [0.3, 0.4) is 0 Å². The Hall–Kier alpha value is -2.64. The van der Waals surface area contributed by atoms with Gasteiger partial charge in [0.05, 0.1) is 11.1 Å². The molecule has 0 atom stereocenters. The van der Waals surface area contributed by atoms with Crippen molar-refractivity contribution in [2.45, 2.75) is 0 Å². The molecule has 0 aliphatic rings. The third-order valence-electron chi connectivity index (χ3n) is 2.73. The van der Waals surface area contributed by atoms with Gasteiger partial charge >= 0.3 is 11.7 Å². The fraction of sp³-hybridized carbons (Fsp3) is 0. The van der Waals surface area contributed by atoms with Gasteiger partial charge in [0.15, 0.2) is 4.98 Å². The monoisotopic (exact) mass is 285 g/mol. The molecule has 2 aromatic rings. The van der Waals surface area contributed by atoms with E-state index in [1.165, 1.54) is 6.08 Å². The molecule has 0 radical (unpaired) electrons. The number of benzene rings is 2. The molecule has 0 saturated carbocycles. The van der Waals surface area contributed by atoms with Gasteiger partial charge in [0.1, 0.15) is 0 Å². The Morgan fingerprint density at radius 1 is 1.15 bits per heavy atom. The number of hydrogen-bond acceptors (Lipinski definition) is 2. The molecule has 5 heteroatoms. The van der Waals surface area contributed by atoms with Crippen molar-refractivity contribution in [1.29, 1.82) is 5.39 Å². The van der Waals surface area contributed by atoms with Gasteiger partial charge in [-0.05, 0) is 29.8 Å². The average Bonchev–Trinajstić information content (AvgIpc) is 2.46. The van der Waals surface area contributed by atoms with Gasteiger partial charge < -0.3 is 5.11 Å². The summed E-state index contributed by atoms with van der Waals surface area (Å²) < 4.78 is 0. The number of carboxylic acid groups (broad SMARTS) is 1. The molecule has 20 heavy (non-hydrogen) atoms. The summed E-state index contributed by atoms with van der Waals surface area (Å²) in [4.78, 5) is 14.5. The Morgan fingerprint density at radius 3 is 2.40 bits per heavy atom. The van der Waals surface area contributed by atoms with Crippen molar-refractivity contribution in [3.05, 3.63) is 69.7 Å². The SMILES string of the molecule is N#[N+]c1ccccc1/C=C(/C(=O)O)c1ccc(Cl)cc1. The van der Waals surface area contributed by atoms with Crippen molar-refractivity contribution in [3.63, 3.8) is 0 Å². The van der Waals surface area contributed by atoms with E-state index in [0.717, 1.165) is 0 Å². The van der Waals surface area contributed by atoms with E-state index in [1.54, 1.807) is 48.5 Å². The molecule has 0 fully saturated rings. The maximum absolute atomic E-state index is 11.4. The fourth-order valence-electron chi connectivity index (χ4n) is 1.75. The predicted octanol–water partition coefficient (Wildman–Crippen LogP) is 4.45. The van der Waals surface area contributed by atoms with E-state index in [4.69, 9.17) is 17.0 Å². The summed E-state index contributed by atoms with van der Waals surface area (Å²) in [6, 6.07) is 13.2. The Balaban J connectivity index is 2.54. The third kappa shape index (κ3) is 3.02. The van der Waals surface area contributed by atoms with Gasteiger partial charge in [-0.1, -0.05) is 35.9 Å². The average molecular weight is 286 g/mol. The number of aliphatic carboxylic acids is 1. The summed E-state index contributed by atoms with van der Waals surface area (Å²) >= 11 is 5.79. The molecule has 0 spiro atoms. The second kappa shape index (κ2) is 6.00. The zero-order valence-electron chi connectivity index (χ0n) is 10.3. The van der Waals surface area contributed by atoms with E-state index in [2.05, 4.69) is 4.98 Å². The summed E-state index contributed by atoms with van der Waals surface area (Å²) in [6.45, 7) is 0. The molecule has 98 valence electrons. The van der Waals surface area contributed by atoms with Crippen molar-refractivity contribution >= 4 is 34.9 Å². The van der Waals surface area contributed by atoms with Crippen LogP contribution in [-0.4, -0.2) is 11.1 Å².